The predicted molar refractivity (Wildman–Crippen MR) is 78.4 cm³/mol. The van der Waals surface area contributed by atoms with E-state index in [1.54, 1.807) is 11.0 Å². The SMILES string of the molecule is CCNc1c(C(=O)N(CCO)C2CC2)cccc1[N+](=O)[O-]. The van der Waals surface area contributed by atoms with Crippen molar-refractivity contribution >= 4 is 17.3 Å². The van der Waals surface area contributed by atoms with E-state index in [-0.39, 0.29) is 42.0 Å². The maximum Gasteiger partial charge on any atom is 0.293 e. The van der Waals surface area contributed by atoms with Crippen molar-refractivity contribution in [2.24, 2.45) is 0 Å². The molecule has 7 heteroatoms. The highest BCUT2D eigenvalue weighted by atomic mass is 16.6. The molecule has 1 saturated carbocycles. The third kappa shape index (κ3) is 3.30. The quantitative estimate of drug-likeness (QED) is 0.588. The molecule has 0 spiro atoms. The number of hydrogen-bond donors (Lipinski definition) is 2. The molecule has 21 heavy (non-hydrogen) atoms. The summed E-state index contributed by atoms with van der Waals surface area (Å²) in [5, 5.41) is 23.1. The molecule has 0 atom stereocenters. The first-order valence-electron chi connectivity index (χ1n) is 7.03. The minimum absolute atomic E-state index is 0.109. The molecule has 7 nitrogen and oxygen atoms in total. The Labute approximate surface area is 122 Å². The molecule has 1 aliphatic rings. The van der Waals surface area contributed by atoms with E-state index in [2.05, 4.69) is 5.32 Å². The van der Waals surface area contributed by atoms with Crippen molar-refractivity contribution in [2.45, 2.75) is 25.8 Å². The molecule has 0 saturated heterocycles. The molecule has 0 aromatic heterocycles. The van der Waals surface area contributed by atoms with Gasteiger partial charge in [0, 0.05) is 25.2 Å². The van der Waals surface area contributed by atoms with E-state index in [0.717, 1.165) is 12.8 Å². The van der Waals surface area contributed by atoms with E-state index < -0.39 is 4.92 Å². The van der Waals surface area contributed by atoms with Crippen LogP contribution >= 0.6 is 0 Å². The fraction of sp³-hybridized carbons (Fsp3) is 0.500. The number of rotatable bonds is 7. The summed E-state index contributed by atoms with van der Waals surface area (Å²) in [4.78, 5) is 24.9. The first kappa shape index (κ1) is 15.2. The lowest BCUT2D eigenvalue weighted by Gasteiger charge is -2.22. The van der Waals surface area contributed by atoms with Gasteiger partial charge in [-0.1, -0.05) is 6.07 Å². The second-order valence-electron chi connectivity index (χ2n) is 4.94. The number of anilines is 1. The number of carbonyl (C=O) groups excluding carboxylic acids is 1. The van der Waals surface area contributed by atoms with E-state index in [9.17, 15) is 14.9 Å². The van der Waals surface area contributed by atoms with Crippen molar-refractivity contribution in [1.82, 2.24) is 4.90 Å². The number of amides is 1. The van der Waals surface area contributed by atoms with Gasteiger partial charge in [0.1, 0.15) is 5.69 Å². The fourth-order valence-corrected chi connectivity index (χ4v) is 2.33. The number of benzene rings is 1. The van der Waals surface area contributed by atoms with Crippen LogP contribution in [0.5, 0.6) is 0 Å². The van der Waals surface area contributed by atoms with Crippen molar-refractivity contribution in [2.75, 3.05) is 25.0 Å². The number of nitrogens with one attached hydrogen (secondary N) is 1. The highest BCUT2D eigenvalue weighted by Crippen LogP contribution is 2.33. The number of nitro groups is 1. The zero-order valence-corrected chi connectivity index (χ0v) is 11.9. The second kappa shape index (κ2) is 6.53. The standard InChI is InChI=1S/C14H19N3O4/c1-2-15-13-11(4-3-5-12(13)17(20)21)14(19)16(8-9-18)10-6-7-10/h3-5,10,15,18H,2,6-9H2,1H3. The number of aliphatic hydroxyl groups is 1. The molecular weight excluding hydrogens is 274 g/mol. The smallest absolute Gasteiger partial charge is 0.293 e. The van der Waals surface area contributed by atoms with Crippen LogP contribution in [0.1, 0.15) is 30.1 Å². The van der Waals surface area contributed by atoms with Gasteiger partial charge in [-0.05, 0) is 25.8 Å². The van der Waals surface area contributed by atoms with Crippen LogP contribution in [0.3, 0.4) is 0 Å². The average Bonchev–Trinajstić information content (AvgIpc) is 3.29. The monoisotopic (exact) mass is 293 g/mol. The van der Waals surface area contributed by atoms with Gasteiger partial charge in [0.25, 0.3) is 11.6 Å². The van der Waals surface area contributed by atoms with E-state index in [1.807, 2.05) is 6.92 Å². The number of carbonyl (C=O) groups is 1. The molecule has 1 fully saturated rings. The van der Waals surface area contributed by atoms with Crippen LogP contribution in [-0.4, -0.2) is 46.6 Å². The number of para-hydroxylation sites is 1. The van der Waals surface area contributed by atoms with Crippen molar-refractivity contribution < 1.29 is 14.8 Å². The highest BCUT2D eigenvalue weighted by Gasteiger charge is 2.34. The van der Waals surface area contributed by atoms with E-state index >= 15 is 0 Å². The molecule has 114 valence electrons. The van der Waals surface area contributed by atoms with Crippen LogP contribution in [0.4, 0.5) is 11.4 Å². The van der Waals surface area contributed by atoms with Crippen LogP contribution in [0.25, 0.3) is 0 Å². The average molecular weight is 293 g/mol. The number of hydrogen-bond acceptors (Lipinski definition) is 5. The van der Waals surface area contributed by atoms with E-state index in [4.69, 9.17) is 5.11 Å². The molecule has 1 aliphatic carbocycles. The van der Waals surface area contributed by atoms with Gasteiger partial charge in [0.05, 0.1) is 17.1 Å². The molecule has 0 radical (unpaired) electrons. The largest absolute Gasteiger partial charge is 0.395 e. The van der Waals surface area contributed by atoms with Crippen molar-refractivity contribution in [3.63, 3.8) is 0 Å². The first-order valence-corrected chi connectivity index (χ1v) is 7.03. The van der Waals surface area contributed by atoms with Gasteiger partial charge in [0.15, 0.2) is 0 Å². The number of nitrogens with zero attached hydrogens (tertiary/aromatic N) is 2. The maximum atomic E-state index is 12.6. The second-order valence-corrected chi connectivity index (χ2v) is 4.94. The summed E-state index contributed by atoms with van der Waals surface area (Å²) in [7, 11) is 0. The van der Waals surface area contributed by atoms with Crippen LogP contribution in [0.2, 0.25) is 0 Å². The molecule has 2 rings (SSSR count). The lowest BCUT2D eigenvalue weighted by Crippen LogP contribution is -2.36. The summed E-state index contributed by atoms with van der Waals surface area (Å²) in [6.45, 7) is 2.43. The van der Waals surface area contributed by atoms with Gasteiger partial charge in [-0.2, -0.15) is 0 Å². The Kier molecular flexibility index (Phi) is 4.74. The third-order valence-electron chi connectivity index (χ3n) is 3.41. The van der Waals surface area contributed by atoms with Crippen LogP contribution in [0, 0.1) is 10.1 Å². The van der Waals surface area contributed by atoms with Gasteiger partial charge in [-0.25, -0.2) is 0 Å². The molecule has 0 unspecified atom stereocenters. The summed E-state index contributed by atoms with van der Waals surface area (Å²) in [6, 6.07) is 4.61. The van der Waals surface area contributed by atoms with Crippen LogP contribution in [0.15, 0.2) is 18.2 Å². The Bertz CT molecular complexity index is 543. The molecule has 1 amide bonds. The number of aliphatic hydroxyl groups excluding tert-OH is 1. The molecular formula is C14H19N3O4. The lowest BCUT2D eigenvalue weighted by atomic mass is 10.1. The van der Waals surface area contributed by atoms with E-state index in [1.165, 1.54) is 12.1 Å². The normalized spacial score (nSPS) is 13.8. The van der Waals surface area contributed by atoms with Gasteiger partial charge < -0.3 is 15.3 Å². The summed E-state index contributed by atoms with van der Waals surface area (Å²) in [5.74, 6) is -0.272. The van der Waals surface area contributed by atoms with Crippen LogP contribution in [-0.2, 0) is 0 Å². The van der Waals surface area contributed by atoms with Crippen LogP contribution < -0.4 is 5.32 Å². The Balaban J connectivity index is 2.39. The van der Waals surface area contributed by atoms with Crippen molar-refractivity contribution in [1.29, 1.82) is 0 Å². The summed E-state index contributed by atoms with van der Waals surface area (Å²) in [6.07, 6.45) is 1.83. The predicted octanol–water partition coefficient (Wildman–Crippen LogP) is 1.62. The Morgan fingerprint density at radius 3 is 2.76 bits per heavy atom. The van der Waals surface area contributed by atoms with Gasteiger partial charge in [-0.15, -0.1) is 0 Å². The highest BCUT2D eigenvalue weighted by molar-refractivity contribution is 6.02. The Morgan fingerprint density at radius 2 is 2.24 bits per heavy atom. The zero-order chi connectivity index (χ0) is 15.4. The summed E-state index contributed by atoms with van der Waals surface area (Å²) in [5.41, 5.74) is 0.424. The van der Waals surface area contributed by atoms with Gasteiger partial charge in [-0.3, -0.25) is 14.9 Å². The minimum atomic E-state index is -0.498. The van der Waals surface area contributed by atoms with E-state index in [0.29, 0.717) is 6.54 Å². The Hall–Kier alpha value is -2.15. The lowest BCUT2D eigenvalue weighted by molar-refractivity contribution is -0.384. The molecule has 0 bridgehead atoms. The minimum Gasteiger partial charge on any atom is -0.395 e. The summed E-state index contributed by atoms with van der Waals surface area (Å²) < 4.78 is 0. The third-order valence-corrected chi connectivity index (χ3v) is 3.41. The van der Waals surface area contributed by atoms with Gasteiger partial charge >= 0.3 is 0 Å². The topological polar surface area (TPSA) is 95.7 Å². The summed E-state index contributed by atoms with van der Waals surface area (Å²) >= 11 is 0. The fourth-order valence-electron chi connectivity index (χ4n) is 2.33. The number of nitro benzene ring substituents is 1. The Morgan fingerprint density at radius 1 is 1.52 bits per heavy atom. The molecule has 2 N–H and O–H groups in total. The molecule has 0 heterocycles. The first-order chi connectivity index (χ1) is 10.1. The zero-order valence-electron chi connectivity index (χ0n) is 11.9. The molecule has 1 aromatic rings. The molecule has 1 aromatic carbocycles. The van der Waals surface area contributed by atoms with Crippen molar-refractivity contribution in [3.05, 3.63) is 33.9 Å². The maximum absolute atomic E-state index is 12.6. The van der Waals surface area contributed by atoms with Gasteiger partial charge in [0.2, 0.25) is 0 Å². The molecule has 0 aliphatic heterocycles. The van der Waals surface area contributed by atoms with Crippen molar-refractivity contribution in [3.8, 4) is 0 Å².